The summed E-state index contributed by atoms with van der Waals surface area (Å²) in [7, 11) is 0. The number of rotatable bonds is 1. The van der Waals surface area contributed by atoms with Gasteiger partial charge in [0.25, 0.3) is 0 Å². The number of ether oxygens (including phenoxy) is 1. The molecular weight excluding hydrogens is 338 g/mol. The lowest BCUT2D eigenvalue weighted by molar-refractivity contribution is -0.100. The first-order chi connectivity index (χ1) is 13.2. The number of hydrogen-bond acceptors (Lipinski definition) is 3. The maximum Gasteiger partial charge on any atom is 0.322 e. The highest BCUT2D eigenvalue weighted by Crippen LogP contribution is 2.42. The van der Waals surface area contributed by atoms with Crippen LogP contribution in [0.5, 0.6) is 0 Å². The highest BCUT2D eigenvalue weighted by molar-refractivity contribution is 5.89. The van der Waals surface area contributed by atoms with E-state index in [9.17, 15) is 4.79 Å². The van der Waals surface area contributed by atoms with Crippen molar-refractivity contribution < 1.29 is 9.53 Å². The Hall–Kier alpha value is -2.40. The van der Waals surface area contributed by atoms with Crippen LogP contribution in [0.4, 0.5) is 10.5 Å². The summed E-state index contributed by atoms with van der Waals surface area (Å²) in [4.78, 5) is 19.4. The van der Waals surface area contributed by atoms with Crippen molar-refractivity contribution in [3.8, 4) is 0 Å². The Bertz CT molecular complexity index is 878. The number of hydrogen-bond donors (Lipinski definition) is 1. The number of aromatic nitrogens is 1. The predicted molar refractivity (Wildman–Crippen MR) is 104 cm³/mol. The molecule has 1 saturated heterocycles. The Morgan fingerprint density at radius 2 is 2.04 bits per heavy atom. The fraction of sp³-hybridized carbons (Fsp3) is 0.455. The molecule has 0 bridgehead atoms. The molecule has 1 spiro atoms. The van der Waals surface area contributed by atoms with Crippen molar-refractivity contribution in [3.63, 3.8) is 0 Å². The van der Waals surface area contributed by atoms with Gasteiger partial charge in [0.2, 0.25) is 0 Å². The van der Waals surface area contributed by atoms with Crippen molar-refractivity contribution in [2.45, 2.75) is 44.1 Å². The van der Waals surface area contributed by atoms with Crippen LogP contribution < -0.4 is 5.32 Å². The highest BCUT2D eigenvalue weighted by atomic mass is 16.5. The molecule has 1 atom stereocenters. The molecule has 1 aromatic carbocycles. The van der Waals surface area contributed by atoms with Crippen LogP contribution in [0.3, 0.4) is 0 Å². The summed E-state index contributed by atoms with van der Waals surface area (Å²) in [5, 5.41) is 3.06. The molecule has 2 heterocycles. The fourth-order valence-corrected chi connectivity index (χ4v) is 4.78. The lowest BCUT2D eigenvalue weighted by Crippen LogP contribution is -2.52. The molecule has 140 valence electrons. The third-order valence-electron chi connectivity index (χ3n) is 6.20. The molecule has 0 saturated carbocycles. The number of nitrogens with one attached hydrogen (secondary N) is 1. The van der Waals surface area contributed by atoms with Crippen molar-refractivity contribution >= 4 is 11.7 Å². The van der Waals surface area contributed by atoms with Gasteiger partial charge in [0.15, 0.2) is 0 Å². The number of fused-ring (bicyclic) bond motifs is 3. The Kier molecular flexibility index (Phi) is 4.12. The molecule has 5 rings (SSSR count). The number of urea groups is 1. The van der Waals surface area contributed by atoms with Gasteiger partial charge in [-0.1, -0.05) is 24.3 Å². The zero-order valence-corrected chi connectivity index (χ0v) is 15.5. The molecule has 0 radical (unpaired) electrons. The molecule has 1 fully saturated rings. The van der Waals surface area contributed by atoms with E-state index in [4.69, 9.17) is 4.74 Å². The molecule has 1 aliphatic heterocycles. The number of morpholine rings is 1. The second kappa shape index (κ2) is 6.64. The maximum absolute atomic E-state index is 12.9. The Morgan fingerprint density at radius 3 is 3.00 bits per heavy atom. The van der Waals surface area contributed by atoms with E-state index in [2.05, 4.69) is 40.6 Å². The number of nitrogens with zero attached hydrogens (tertiary/aromatic N) is 2. The molecule has 2 aliphatic carbocycles. The Labute approximate surface area is 159 Å². The minimum absolute atomic E-state index is 0.0559. The van der Waals surface area contributed by atoms with E-state index in [1.807, 2.05) is 4.90 Å². The molecule has 3 aliphatic rings. The first kappa shape index (κ1) is 16.8. The van der Waals surface area contributed by atoms with Crippen molar-refractivity contribution in [3.05, 3.63) is 58.9 Å². The third-order valence-corrected chi connectivity index (χ3v) is 6.20. The second-order valence-electron chi connectivity index (χ2n) is 7.89. The number of aryl methyl sites for hydroxylation is 3. The molecular formula is C22H25N3O2. The van der Waals surface area contributed by atoms with Gasteiger partial charge in [0.1, 0.15) is 5.60 Å². The van der Waals surface area contributed by atoms with Crippen LogP contribution in [0.2, 0.25) is 0 Å². The van der Waals surface area contributed by atoms with Crippen LogP contribution in [-0.4, -0.2) is 35.6 Å². The largest absolute Gasteiger partial charge is 0.367 e. The van der Waals surface area contributed by atoms with E-state index in [0.717, 1.165) is 31.4 Å². The highest BCUT2D eigenvalue weighted by Gasteiger charge is 2.44. The van der Waals surface area contributed by atoms with Gasteiger partial charge < -0.3 is 15.0 Å². The van der Waals surface area contributed by atoms with Crippen LogP contribution in [0.15, 0.2) is 36.5 Å². The summed E-state index contributed by atoms with van der Waals surface area (Å²) in [6, 6.07) is 10.5. The molecule has 1 N–H and O–H groups in total. The van der Waals surface area contributed by atoms with Gasteiger partial charge in [-0.15, -0.1) is 0 Å². The Balaban J connectivity index is 1.32. The minimum Gasteiger partial charge on any atom is -0.367 e. The summed E-state index contributed by atoms with van der Waals surface area (Å²) in [5.74, 6) is 0. The zero-order chi connectivity index (χ0) is 18.3. The first-order valence-corrected chi connectivity index (χ1v) is 10.00. The number of pyridine rings is 1. The van der Waals surface area contributed by atoms with Crippen LogP contribution in [0.1, 0.15) is 41.6 Å². The molecule has 2 aromatic rings. The van der Waals surface area contributed by atoms with E-state index >= 15 is 0 Å². The lowest BCUT2D eigenvalue weighted by atomic mass is 9.94. The standard InChI is InChI=1S/C22H25N3O2/c26-21(24-18-13-17-6-2-4-8-20(17)23-14-18)25-11-12-27-22(15-25)10-9-16-5-1-3-7-19(16)22/h1,3,5,7,13-14H,2,4,6,8-12,15H2,(H,24,26). The maximum atomic E-state index is 12.9. The third kappa shape index (κ3) is 3.00. The average Bonchev–Trinajstić information content (AvgIpc) is 3.06. The smallest absolute Gasteiger partial charge is 0.322 e. The van der Waals surface area contributed by atoms with Crippen molar-refractivity contribution in [2.75, 3.05) is 25.0 Å². The molecule has 1 unspecified atom stereocenters. The first-order valence-electron chi connectivity index (χ1n) is 10.00. The van der Waals surface area contributed by atoms with Crippen LogP contribution in [-0.2, 0) is 29.6 Å². The number of carbonyl (C=O) groups excluding carboxylic acids is 1. The Morgan fingerprint density at radius 1 is 1.15 bits per heavy atom. The van der Waals surface area contributed by atoms with Gasteiger partial charge in [-0.3, -0.25) is 4.98 Å². The molecule has 2 amide bonds. The quantitative estimate of drug-likeness (QED) is 0.841. The van der Waals surface area contributed by atoms with Crippen LogP contribution in [0.25, 0.3) is 0 Å². The second-order valence-corrected chi connectivity index (χ2v) is 7.89. The van der Waals surface area contributed by atoms with E-state index in [0.29, 0.717) is 19.7 Å². The van der Waals surface area contributed by atoms with Gasteiger partial charge in [-0.25, -0.2) is 4.79 Å². The monoisotopic (exact) mass is 363 g/mol. The van der Waals surface area contributed by atoms with Crippen LogP contribution >= 0.6 is 0 Å². The van der Waals surface area contributed by atoms with E-state index < -0.39 is 0 Å². The summed E-state index contributed by atoms with van der Waals surface area (Å²) in [6.45, 7) is 1.80. The van der Waals surface area contributed by atoms with Gasteiger partial charge in [-0.05, 0) is 61.3 Å². The van der Waals surface area contributed by atoms with Gasteiger partial charge in [-0.2, -0.15) is 0 Å². The van der Waals surface area contributed by atoms with Crippen molar-refractivity contribution in [2.24, 2.45) is 0 Å². The minimum atomic E-state index is -0.347. The molecule has 5 nitrogen and oxygen atoms in total. The van der Waals surface area contributed by atoms with Gasteiger partial charge in [0.05, 0.1) is 25.0 Å². The summed E-state index contributed by atoms with van der Waals surface area (Å²) in [6.07, 6.45) is 8.28. The lowest BCUT2D eigenvalue weighted by Gasteiger charge is -2.41. The van der Waals surface area contributed by atoms with E-state index in [-0.39, 0.29) is 11.6 Å². The fourth-order valence-electron chi connectivity index (χ4n) is 4.78. The number of amides is 2. The zero-order valence-electron chi connectivity index (χ0n) is 15.5. The predicted octanol–water partition coefficient (Wildman–Crippen LogP) is 3.67. The van der Waals surface area contributed by atoms with Gasteiger partial charge >= 0.3 is 6.03 Å². The number of anilines is 1. The topological polar surface area (TPSA) is 54.5 Å². The summed E-state index contributed by atoms with van der Waals surface area (Å²) < 4.78 is 6.22. The van der Waals surface area contributed by atoms with Crippen molar-refractivity contribution in [1.82, 2.24) is 9.88 Å². The SMILES string of the molecule is O=C(Nc1cnc2c(c1)CCCC2)N1CCOC2(CCc3ccccc32)C1. The summed E-state index contributed by atoms with van der Waals surface area (Å²) in [5.41, 5.74) is 5.51. The van der Waals surface area contributed by atoms with E-state index in [1.54, 1.807) is 6.20 Å². The number of carbonyl (C=O) groups is 1. The van der Waals surface area contributed by atoms with Crippen molar-refractivity contribution in [1.29, 1.82) is 0 Å². The van der Waals surface area contributed by atoms with E-state index in [1.165, 1.54) is 35.2 Å². The summed E-state index contributed by atoms with van der Waals surface area (Å²) >= 11 is 0. The molecule has 5 heteroatoms. The average molecular weight is 363 g/mol. The number of benzene rings is 1. The molecule has 1 aromatic heterocycles. The van der Waals surface area contributed by atoms with Gasteiger partial charge in [0, 0.05) is 12.2 Å². The molecule has 27 heavy (non-hydrogen) atoms. The normalized spacial score (nSPS) is 23.8. The van der Waals surface area contributed by atoms with Crippen LogP contribution in [0, 0.1) is 0 Å².